The molecule has 0 aliphatic rings. The van der Waals surface area contributed by atoms with E-state index < -0.39 is 5.97 Å². The van der Waals surface area contributed by atoms with Crippen molar-refractivity contribution in [3.63, 3.8) is 0 Å². The Kier molecular flexibility index (Phi) is 3.21. The maximum absolute atomic E-state index is 10.0. The molecule has 0 aliphatic carbocycles. The molecule has 0 spiro atoms. The summed E-state index contributed by atoms with van der Waals surface area (Å²) in [5.41, 5.74) is 0. The molecule has 0 bridgehead atoms. The van der Waals surface area contributed by atoms with Crippen LogP contribution in [0.1, 0.15) is 5.82 Å². The number of nitrogens with zero attached hydrogens (tertiary/aromatic N) is 2. The minimum Gasteiger partial charge on any atom is -0.480 e. The van der Waals surface area contributed by atoms with Gasteiger partial charge in [-0.15, -0.1) is 0 Å². The van der Waals surface area contributed by atoms with Gasteiger partial charge in [-0.05, 0) is 0 Å². The second kappa shape index (κ2) is 4.45. The number of aromatic nitrogens is 2. The lowest BCUT2D eigenvalue weighted by Gasteiger charge is -1.96. The maximum Gasteiger partial charge on any atom is 0.317 e. The standard InChI is InChI=1S/C6H9N3O3/c10-6(11)3-7-2-1-5-8-4-12-9-5/h4,7H,1-3H2,(H,10,11). The summed E-state index contributed by atoms with van der Waals surface area (Å²) in [6.07, 6.45) is 1.82. The molecule has 6 nitrogen and oxygen atoms in total. The van der Waals surface area contributed by atoms with E-state index in [0.717, 1.165) is 0 Å². The highest BCUT2D eigenvalue weighted by atomic mass is 16.5. The molecule has 1 heterocycles. The summed E-state index contributed by atoms with van der Waals surface area (Å²) >= 11 is 0. The van der Waals surface area contributed by atoms with Crippen molar-refractivity contribution in [1.82, 2.24) is 15.5 Å². The molecule has 0 saturated carbocycles. The largest absolute Gasteiger partial charge is 0.480 e. The monoisotopic (exact) mass is 171 g/mol. The Labute approximate surface area is 68.6 Å². The fourth-order valence-electron chi connectivity index (χ4n) is 0.698. The van der Waals surface area contributed by atoms with Crippen molar-refractivity contribution in [2.75, 3.05) is 13.1 Å². The van der Waals surface area contributed by atoms with Crippen molar-refractivity contribution in [3.8, 4) is 0 Å². The van der Waals surface area contributed by atoms with Gasteiger partial charge in [-0.25, -0.2) is 0 Å². The van der Waals surface area contributed by atoms with Crippen LogP contribution in [0.4, 0.5) is 0 Å². The lowest BCUT2D eigenvalue weighted by molar-refractivity contribution is -0.135. The zero-order chi connectivity index (χ0) is 8.81. The summed E-state index contributed by atoms with van der Waals surface area (Å²) in [5, 5.41) is 14.5. The molecule has 0 radical (unpaired) electrons. The molecule has 0 amide bonds. The van der Waals surface area contributed by atoms with Gasteiger partial charge in [-0.1, -0.05) is 5.16 Å². The second-order valence-corrected chi connectivity index (χ2v) is 2.17. The van der Waals surface area contributed by atoms with Crippen LogP contribution in [0.25, 0.3) is 0 Å². The highest BCUT2D eigenvalue weighted by molar-refractivity contribution is 5.68. The third-order valence-electron chi connectivity index (χ3n) is 1.21. The summed E-state index contributed by atoms with van der Waals surface area (Å²) < 4.78 is 4.49. The molecule has 0 aliphatic heterocycles. The molecule has 2 N–H and O–H groups in total. The van der Waals surface area contributed by atoms with E-state index >= 15 is 0 Å². The van der Waals surface area contributed by atoms with Crippen LogP contribution in [0.3, 0.4) is 0 Å². The summed E-state index contributed by atoms with van der Waals surface area (Å²) in [6, 6.07) is 0. The molecule has 0 unspecified atom stereocenters. The second-order valence-electron chi connectivity index (χ2n) is 2.17. The van der Waals surface area contributed by atoms with Crippen LogP contribution in [0, 0.1) is 0 Å². The number of carbonyl (C=O) groups is 1. The average Bonchev–Trinajstić information content (AvgIpc) is 2.49. The first kappa shape index (κ1) is 8.66. The lowest BCUT2D eigenvalue weighted by atomic mass is 10.4. The lowest BCUT2D eigenvalue weighted by Crippen LogP contribution is -2.24. The Morgan fingerprint density at radius 2 is 2.58 bits per heavy atom. The fourth-order valence-corrected chi connectivity index (χ4v) is 0.698. The highest BCUT2D eigenvalue weighted by Gasteiger charge is 1.98. The SMILES string of the molecule is O=C(O)CNCCc1ncon1. The van der Waals surface area contributed by atoms with E-state index in [0.29, 0.717) is 18.8 Å². The van der Waals surface area contributed by atoms with Gasteiger partial charge in [0.25, 0.3) is 0 Å². The van der Waals surface area contributed by atoms with Gasteiger partial charge in [0.2, 0.25) is 6.39 Å². The minimum absolute atomic E-state index is 0.0438. The topological polar surface area (TPSA) is 88.2 Å². The molecule has 6 heteroatoms. The number of aliphatic carboxylic acids is 1. The Morgan fingerprint density at radius 1 is 1.75 bits per heavy atom. The van der Waals surface area contributed by atoms with Crippen LogP contribution in [0.15, 0.2) is 10.9 Å². The van der Waals surface area contributed by atoms with Crippen molar-refractivity contribution < 1.29 is 14.4 Å². The van der Waals surface area contributed by atoms with E-state index in [9.17, 15) is 4.79 Å². The van der Waals surface area contributed by atoms with Crippen LogP contribution in [0.5, 0.6) is 0 Å². The zero-order valence-corrected chi connectivity index (χ0v) is 6.36. The number of carboxylic acids is 1. The highest BCUT2D eigenvalue weighted by Crippen LogP contribution is 1.87. The molecular formula is C6H9N3O3. The molecule has 12 heavy (non-hydrogen) atoms. The molecule has 66 valence electrons. The minimum atomic E-state index is -0.872. The summed E-state index contributed by atoms with van der Waals surface area (Å²) in [6.45, 7) is 0.490. The van der Waals surface area contributed by atoms with Gasteiger partial charge in [0, 0.05) is 13.0 Å². The summed E-state index contributed by atoms with van der Waals surface area (Å²) in [7, 11) is 0. The predicted octanol–water partition coefficient (Wildman–Crippen LogP) is -0.714. The van der Waals surface area contributed by atoms with Crippen LogP contribution < -0.4 is 5.32 Å². The Balaban J connectivity index is 2.07. The molecular weight excluding hydrogens is 162 g/mol. The van der Waals surface area contributed by atoms with Gasteiger partial charge in [-0.3, -0.25) is 4.79 Å². The van der Waals surface area contributed by atoms with E-state index in [2.05, 4.69) is 20.0 Å². The third kappa shape index (κ3) is 3.11. The van der Waals surface area contributed by atoms with Crippen LogP contribution in [-0.4, -0.2) is 34.3 Å². The van der Waals surface area contributed by atoms with Crippen LogP contribution in [0.2, 0.25) is 0 Å². The van der Waals surface area contributed by atoms with E-state index in [4.69, 9.17) is 5.11 Å². The molecule has 1 aromatic heterocycles. The van der Waals surface area contributed by atoms with Crippen molar-refractivity contribution in [1.29, 1.82) is 0 Å². The molecule has 0 saturated heterocycles. The number of carboxylic acid groups (broad SMARTS) is 1. The first-order valence-corrected chi connectivity index (χ1v) is 3.47. The summed E-state index contributed by atoms with van der Waals surface area (Å²) in [4.78, 5) is 13.8. The maximum atomic E-state index is 10.0. The van der Waals surface area contributed by atoms with Gasteiger partial charge >= 0.3 is 5.97 Å². The number of rotatable bonds is 5. The van der Waals surface area contributed by atoms with Crippen molar-refractivity contribution in [3.05, 3.63) is 12.2 Å². The molecule has 1 rings (SSSR count). The van der Waals surface area contributed by atoms with Crippen molar-refractivity contribution in [2.24, 2.45) is 0 Å². The zero-order valence-electron chi connectivity index (χ0n) is 6.36. The van der Waals surface area contributed by atoms with Crippen LogP contribution >= 0.6 is 0 Å². The van der Waals surface area contributed by atoms with Crippen LogP contribution in [-0.2, 0) is 11.2 Å². The normalized spacial score (nSPS) is 10.0. The van der Waals surface area contributed by atoms with Gasteiger partial charge in [0.15, 0.2) is 5.82 Å². The van der Waals surface area contributed by atoms with E-state index in [1.165, 1.54) is 6.39 Å². The molecule has 1 aromatic rings. The van der Waals surface area contributed by atoms with Crippen molar-refractivity contribution in [2.45, 2.75) is 6.42 Å². The summed E-state index contributed by atoms with van der Waals surface area (Å²) in [5.74, 6) is -0.295. The first-order valence-electron chi connectivity index (χ1n) is 3.47. The van der Waals surface area contributed by atoms with Gasteiger partial charge < -0.3 is 14.9 Å². The first-order chi connectivity index (χ1) is 5.79. The molecule has 0 fully saturated rings. The van der Waals surface area contributed by atoms with Gasteiger partial charge in [-0.2, -0.15) is 4.98 Å². The van der Waals surface area contributed by atoms with E-state index in [1.54, 1.807) is 0 Å². The van der Waals surface area contributed by atoms with Gasteiger partial charge in [0.1, 0.15) is 0 Å². The average molecular weight is 171 g/mol. The number of hydrogen-bond donors (Lipinski definition) is 2. The van der Waals surface area contributed by atoms with E-state index in [-0.39, 0.29) is 6.54 Å². The molecule has 0 aromatic carbocycles. The van der Waals surface area contributed by atoms with Crippen molar-refractivity contribution >= 4 is 5.97 Å². The Bertz CT molecular complexity index is 234. The smallest absolute Gasteiger partial charge is 0.317 e. The van der Waals surface area contributed by atoms with Gasteiger partial charge in [0.05, 0.1) is 6.54 Å². The third-order valence-corrected chi connectivity index (χ3v) is 1.21. The Hall–Kier alpha value is -1.43. The fraction of sp³-hybridized carbons (Fsp3) is 0.500. The predicted molar refractivity (Wildman–Crippen MR) is 38.5 cm³/mol. The number of nitrogens with one attached hydrogen (secondary N) is 1. The molecule has 0 atom stereocenters. The Morgan fingerprint density at radius 3 is 3.17 bits per heavy atom. The van der Waals surface area contributed by atoms with E-state index in [1.807, 2.05) is 0 Å². The quantitative estimate of drug-likeness (QED) is 0.569. The number of hydrogen-bond acceptors (Lipinski definition) is 5.